The minimum atomic E-state index is 0.225. The summed E-state index contributed by atoms with van der Waals surface area (Å²) in [6.45, 7) is 6.24. The summed E-state index contributed by atoms with van der Waals surface area (Å²) in [5.74, 6) is 1.93. The van der Waals surface area contributed by atoms with Gasteiger partial charge in [-0.25, -0.2) is 4.98 Å². The Morgan fingerprint density at radius 2 is 1.75 bits per heavy atom. The lowest BCUT2D eigenvalue weighted by Crippen LogP contribution is -2.50. The Balaban J connectivity index is 1.31. The van der Waals surface area contributed by atoms with E-state index in [0.717, 1.165) is 45.1 Å². The summed E-state index contributed by atoms with van der Waals surface area (Å²) < 4.78 is 0. The first-order valence-electron chi connectivity index (χ1n) is 10.2. The van der Waals surface area contributed by atoms with Crippen molar-refractivity contribution in [2.45, 2.75) is 5.92 Å². The molecule has 0 spiro atoms. The Labute approximate surface area is 166 Å². The van der Waals surface area contributed by atoms with Crippen LogP contribution in [0.25, 0.3) is 0 Å². The van der Waals surface area contributed by atoms with Gasteiger partial charge in [0.05, 0.1) is 6.54 Å². The molecule has 6 heteroatoms. The molecule has 2 N–H and O–H groups in total. The van der Waals surface area contributed by atoms with Gasteiger partial charge in [-0.1, -0.05) is 36.4 Å². The van der Waals surface area contributed by atoms with E-state index in [9.17, 15) is 4.79 Å². The summed E-state index contributed by atoms with van der Waals surface area (Å²) in [5.41, 5.74) is 7.31. The third kappa shape index (κ3) is 4.18. The van der Waals surface area contributed by atoms with Crippen molar-refractivity contribution in [2.24, 2.45) is 11.7 Å². The predicted molar refractivity (Wildman–Crippen MR) is 111 cm³/mol. The smallest absolute Gasteiger partial charge is 0.236 e. The van der Waals surface area contributed by atoms with E-state index >= 15 is 0 Å². The second-order valence-electron chi connectivity index (χ2n) is 7.76. The highest BCUT2D eigenvalue weighted by Crippen LogP contribution is 2.32. The fourth-order valence-corrected chi connectivity index (χ4v) is 4.36. The number of rotatable bonds is 5. The van der Waals surface area contributed by atoms with Gasteiger partial charge in [0.1, 0.15) is 5.82 Å². The second-order valence-corrected chi connectivity index (χ2v) is 7.76. The van der Waals surface area contributed by atoms with Crippen molar-refractivity contribution in [3.63, 3.8) is 0 Å². The average molecular weight is 380 g/mol. The maximum Gasteiger partial charge on any atom is 0.236 e. The molecule has 0 unspecified atom stereocenters. The second kappa shape index (κ2) is 8.71. The Morgan fingerprint density at radius 3 is 2.43 bits per heavy atom. The fraction of sp³-hybridized carbons (Fsp3) is 0.455. The van der Waals surface area contributed by atoms with Crippen molar-refractivity contribution >= 4 is 11.7 Å². The summed E-state index contributed by atoms with van der Waals surface area (Å²) >= 11 is 0. The summed E-state index contributed by atoms with van der Waals surface area (Å²) in [6.07, 6.45) is 1.83. The quantitative estimate of drug-likeness (QED) is 0.851. The molecule has 1 amide bonds. The number of carbonyl (C=O) groups is 1. The third-order valence-corrected chi connectivity index (χ3v) is 6.03. The van der Waals surface area contributed by atoms with Gasteiger partial charge in [-0.15, -0.1) is 0 Å². The topological polar surface area (TPSA) is 65.7 Å². The van der Waals surface area contributed by atoms with Crippen LogP contribution in [0.15, 0.2) is 54.7 Å². The highest BCUT2D eigenvalue weighted by Gasteiger charge is 2.35. The fourth-order valence-electron chi connectivity index (χ4n) is 4.36. The van der Waals surface area contributed by atoms with E-state index in [1.807, 2.05) is 35.4 Å². The lowest BCUT2D eigenvalue weighted by Gasteiger charge is -2.35. The Bertz CT molecular complexity index is 761. The molecule has 0 bridgehead atoms. The van der Waals surface area contributed by atoms with Gasteiger partial charge in [0.15, 0.2) is 0 Å². The molecule has 2 aromatic rings. The molecule has 0 radical (unpaired) electrons. The van der Waals surface area contributed by atoms with Gasteiger partial charge in [-0.2, -0.15) is 0 Å². The molecule has 0 saturated carbocycles. The summed E-state index contributed by atoms with van der Waals surface area (Å²) in [7, 11) is 0. The van der Waals surface area contributed by atoms with Gasteiger partial charge < -0.3 is 15.5 Å². The van der Waals surface area contributed by atoms with Gasteiger partial charge in [-0.05, 0) is 30.2 Å². The molecule has 2 saturated heterocycles. The van der Waals surface area contributed by atoms with E-state index in [1.165, 1.54) is 5.56 Å². The minimum absolute atomic E-state index is 0.225. The van der Waals surface area contributed by atoms with Crippen molar-refractivity contribution in [3.05, 3.63) is 60.3 Å². The molecule has 1 aromatic heterocycles. The van der Waals surface area contributed by atoms with Crippen LogP contribution in [0.3, 0.4) is 0 Å². The van der Waals surface area contributed by atoms with Crippen LogP contribution >= 0.6 is 0 Å². The molecule has 1 aromatic carbocycles. The van der Waals surface area contributed by atoms with Gasteiger partial charge in [0.25, 0.3) is 0 Å². The van der Waals surface area contributed by atoms with Crippen LogP contribution in [0.1, 0.15) is 11.5 Å². The van der Waals surface area contributed by atoms with Gasteiger partial charge in [0.2, 0.25) is 5.91 Å². The highest BCUT2D eigenvalue weighted by molar-refractivity contribution is 5.78. The first-order chi connectivity index (χ1) is 13.7. The van der Waals surface area contributed by atoms with Crippen molar-refractivity contribution in [3.8, 4) is 0 Å². The molecular weight excluding hydrogens is 350 g/mol. The van der Waals surface area contributed by atoms with Crippen LogP contribution in [-0.2, 0) is 4.79 Å². The summed E-state index contributed by atoms with van der Waals surface area (Å²) in [4.78, 5) is 23.9. The van der Waals surface area contributed by atoms with Crippen LogP contribution in [-0.4, -0.2) is 73.0 Å². The zero-order valence-corrected chi connectivity index (χ0v) is 16.3. The molecule has 3 heterocycles. The zero-order chi connectivity index (χ0) is 19.3. The average Bonchev–Trinajstić information content (AvgIpc) is 3.20. The number of nitrogens with zero attached hydrogens (tertiary/aromatic N) is 4. The van der Waals surface area contributed by atoms with E-state index in [2.05, 4.69) is 39.0 Å². The minimum Gasteiger partial charge on any atom is -0.354 e. The number of benzene rings is 1. The Hall–Kier alpha value is -2.44. The van der Waals surface area contributed by atoms with Crippen LogP contribution in [0.4, 0.5) is 5.82 Å². The number of hydrogen-bond acceptors (Lipinski definition) is 5. The molecule has 0 aliphatic carbocycles. The van der Waals surface area contributed by atoms with E-state index in [0.29, 0.717) is 24.9 Å². The molecule has 2 fully saturated rings. The van der Waals surface area contributed by atoms with Crippen LogP contribution in [0, 0.1) is 5.92 Å². The summed E-state index contributed by atoms with van der Waals surface area (Å²) in [6, 6.07) is 16.5. The number of carbonyl (C=O) groups excluding carboxylic acids is 1. The van der Waals surface area contributed by atoms with Crippen molar-refractivity contribution in [1.29, 1.82) is 0 Å². The van der Waals surface area contributed by atoms with Crippen LogP contribution in [0.5, 0.6) is 0 Å². The standard InChI is InChI=1S/C22H29N5O/c23-14-19-15-27(16-20(19)18-6-2-1-3-7-18)22(28)17-25-10-12-26(13-11-25)21-8-4-5-9-24-21/h1-9,19-20H,10-17,23H2/t19-,20+/m1/s1. The van der Waals surface area contributed by atoms with Gasteiger partial charge in [0, 0.05) is 51.4 Å². The van der Waals surface area contributed by atoms with Crippen LogP contribution < -0.4 is 10.6 Å². The number of likely N-dealkylation sites (tertiary alicyclic amines) is 1. The number of anilines is 1. The van der Waals surface area contributed by atoms with E-state index in [-0.39, 0.29) is 5.91 Å². The third-order valence-electron chi connectivity index (χ3n) is 6.03. The number of hydrogen-bond donors (Lipinski definition) is 1. The lowest BCUT2D eigenvalue weighted by molar-refractivity contribution is -0.131. The molecule has 28 heavy (non-hydrogen) atoms. The molecule has 4 rings (SSSR count). The first-order valence-corrected chi connectivity index (χ1v) is 10.2. The zero-order valence-electron chi connectivity index (χ0n) is 16.3. The number of amides is 1. The van der Waals surface area contributed by atoms with Crippen molar-refractivity contribution in [2.75, 3.05) is 57.3 Å². The van der Waals surface area contributed by atoms with E-state index in [1.54, 1.807) is 0 Å². The SMILES string of the molecule is NC[C@@H]1CN(C(=O)CN2CCN(c3ccccn3)CC2)C[C@H]1c1ccccc1. The number of nitrogens with two attached hydrogens (primary N) is 1. The first kappa shape index (κ1) is 18.9. The van der Waals surface area contributed by atoms with Crippen LogP contribution in [0.2, 0.25) is 0 Å². The lowest BCUT2D eigenvalue weighted by atomic mass is 9.89. The maximum absolute atomic E-state index is 12.9. The Morgan fingerprint density at radius 1 is 1.00 bits per heavy atom. The number of aromatic nitrogens is 1. The monoisotopic (exact) mass is 379 g/mol. The molecule has 2 aliphatic rings. The Kier molecular flexibility index (Phi) is 5.88. The predicted octanol–water partition coefficient (Wildman–Crippen LogP) is 1.40. The highest BCUT2D eigenvalue weighted by atomic mass is 16.2. The molecule has 6 nitrogen and oxygen atoms in total. The van der Waals surface area contributed by atoms with Gasteiger partial charge >= 0.3 is 0 Å². The number of piperazine rings is 1. The van der Waals surface area contributed by atoms with Crippen molar-refractivity contribution in [1.82, 2.24) is 14.8 Å². The van der Waals surface area contributed by atoms with Crippen molar-refractivity contribution < 1.29 is 4.79 Å². The molecular formula is C22H29N5O. The summed E-state index contributed by atoms with van der Waals surface area (Å²) in [5, 5.41) is 0. The molecule has 148 valence electrons. The molecule has 2 atom stereocenters. The molecule has 2 aliphatic heterocycles. The number of pyridine rings is 1. The maximum atomic E-state index is 12.9. The normalized spacial score (nSPS) is 23.2. The van der Waals surface area contributed by atoms with E-state index < -0.39 is 0 Å². The largest absolute Gasteiger partial charge is 0.354 e. The van der Waals surface area contributed by atoms with E-state index in [4.69, 9.17) is 5.73 Å². The van der Waals surface area contributed by atoms with Gasteiger partial charge in [-0.3, -0.25) is 9.69 Å².